The fraction of sp³-hybridized carbons (Fsp3) is 0.889. The number of phosphoric ester groups is 1. The van der Waals surface area contributed by atoms with Crippen molar-refractivity contribution >= 4 is 13.7 Å². The topological polar surface area (TPSA) is 105 Å². The van der Waals surface area contributed by atoms with Gasteiger partial charge in [0.05, 0.1) is 39.9 Å². The van der Waals surface area contributed by atoms with Crippen molar-refractivity contribution < 1.29 is 32.9 Å². The largest absolute Gasteiger partial charge is 0.472 e. The number of allylic oxidation sites excluding steroid dienone is 5. The summed E-state index contributed by atoms with van der Waals surface area (Å²) in [5, 5.41) is 13.9. The molecule has 9 heteroatoms. The number of likely N-dealkylation sites (N-methyl/N-ethyl adjacent to an activating group) is 1. The number of hydrogen-bond acceptors (Lipinski definition) is 5. The van der Waals surface area contributed by atoms with E-state index in [1.165, 1.54) is 244 Å². The van der Waals surface area contributed by atoms with E-state index in [9.17, 15) is 19.4 Å². The highest BCUT2D eigenvalue weighted by Crippen LogP contribution is 2.43. The SMILES string of the molecule is CCCCCCC/C=C\C/C=C\CCCCCCCCCCCCCCCCCCCCCCCCCC(=O)NC(COP(=O)(O)OCC[N+](C)(C)C)C(O)/C=C/CCCCCCCCCCCCCCC. The van der Waals surface area contributed by atoms with Crippen molar-refractivity contribution in [2.45, 2.75) is 321 Å². The average Bonchev–Trinajstić information content (AvgIpc) is 3.34. The predicted octanol–water partition coefficient (Wildman–Crippen LogP) is 19.3. The third-order valence-electron chi connectivity index (χ3n) is 14.4. The second-order valence-corrected chi connectivity index (χ2v) is 24.2. The van der Waals surface area contributed by atoms with Crippen molar-refractivity contribution in [3.8, 4) is 0 Å². The number of carbonyl (C=O) groups is 1. The van der Waals surface area contributed by atoms with Gasteiger partial charge in [0.15, 0.2) is 0 Å². The van der Waals surface area contributed by atoms with Gasteiger partial charge in [0.25, 0.3) is 0 Å². The summed E-state index contributed by atoms with van der Waals surface area (Å²) in [6, 6.07) is -0.844. The number of quaternary nitrogens is 1. The second-order valence-electron chi connectivity index (χ2n) is 22.8. The number of amides is 1. The summed E-state index contributed by atoms with van der Waals surface area (Å²) in [7, 11) is 1.59. The summed E-state index contributed by atoms with van der Waals surface area (Å²) in [4.78, 5) is 23.3. The molecule has 0 rings (SSSR count). The van der Waals surface area contributed by atoms with E-state index in [4.69, 9.17) is 9.05 Å². The summed E-state index contributed by atoms with van der Waals surface area (Å²) in [6.07, 6.45) is 71.3. The lowest BCUT2D eigenvalue weighted by atomic mass is 10.0. The molecule has 3 N–H and O–H groups in total. The van der Waals surface area contributed by atoms with Crippen LogP contribution in [0.15, 0.2) is 36.5 Å². The number of hydrogen-bond donors (Lipinski definition) is 3. The van der Waals surface area contributed by atoms with Crippen molar-refractivity contribution in [3.63, 3.8) is 0 Å². The number of phosphoric acid groups is 1. The summed E-state index contributed by atoms with van der Waals surface area (Å²) in [5.74, 6) is -0.172. The Bertz CT molecular complexity index is 1270. The Morgan fingerprint density at radius 2 is 0.792 bits per heavy atom. The Morgan fingerprint density at radius 1 is 0.472 bits per heavy atom. The van der Waals surface area contributed by atoms with Gasteiger partial charge in [-0.05, 0) is 51.4 Å². The second kappa shape index (κ2) is 54.5. The smallest absolute Gasteiger partial charge is 0.387 e. The van der Waals surface area contributed by atoms with Crippen LogP contribution in [0.25, 0.3) is 0 Å². The molecule has 0 fully saturated rings. The minimum Gasteiger partial charge on any atom is -0.387 e. The Kier molecular flexibility index (Phi) is 53.5. The Balaban J connectivity index is 3.96. The maximum absolute atomic E-state index is 13.0. The van der Waals surface area contributed by atoms with Crippen LogP contribution < -0.4 is 5.32 Å². The fourth-order valence-corrected chi connectivity index (χ4v) is 10.2. The highest BCUT2D eigenvalue weighted by molar-refractivity contribution is 7.47. The highest BCUT2D eigenvalue weighted by Gasteiger charge is 2.27. The first-order chi connectivity index (χ1) is 35.0. The van der Waals surface area contributed by atoms with Crippen LogP contribution in [-0.4, -0.2) is 73.4 Å². The van der Waals surface area contributed by atoms with E-state index in [-0.39, 0.29) is 19.1 Å². The van der Waals surface area contributed by atoms with Crippen molar-refractivity contribution in [2.75, 3.05) is 40.9 Å². The summed E-state index contributed by atoms with van der Waals surface area (Å²) in [5.41, 5.74) is 0. The molecule has 0 heterocycles. The van der Waals surface area contributed by atoms with Gasteiger partial charge in [0, 0.05) is 6.42 Å². The molecule has 0 radical (unpaired) electrons. The van der Waals surface area contributed by atoms with E-state index < -0.39 is 20.0 Å². The number of nitrogens with one attached hydrogen (secondary N) is 1. The average molecular weight is 1040 g/mol. The van der Waals surface area contributed by atoms with Crippen LogP contribution in [0.5, 0.6) is 0 Å². The van der Waals surface area contributed by atoms with Crippen LogP contribution in [0.4, 0.5) is 0 Å². The molecule has 3 unspecified atom stereocenters. The lowest BCUT2D eigenvalue weighted by Gasteiger charge is -2.25. The standard InChI is InChI=1S/C63H123N2O6P/c1-6-8-10-12-14-16-18-20-22-23-24-25-26-27-28-29-30-31-32-33-34-35-36-37-38-39-40-41-43-45-47-49-51-53-55-57-63(67)64-61(60-71-72(68,69)70-59-58-65(3,4)5)62(66)56-54-52-50-48-46-44-42-21-19-17-15-13-11-9-7-2/h18,20,23-24,54,56,61-62,66H,6-17,19,21-22,25-53,55,57-60H2,1-5H3,(H-,64,67,68,69)/p+1/b20-18-,24-23-,56-54+. The zero-order valence-corrected chi connectivity index (χ0v) is 49.6. The van der Waals surface area contributed by atoms with Gasteiger partial charge in [-0.2, -0.15) is 0 Å². The molecule has 0 aromatic carbocycles. The van der Waals surface area contributed by atoms with Crippen LogP contribution in [0, 0.1) is 0 Å². The third kappa shape index (κ3) is 56.4. The summed E-state index contributed by atoms with van der Waals surface area (Å²) >= 11 is 0. The molecule has 0 aliphatic heterocycles. The third-order valence-corrected chi connectivity index (χ3v) is 15.3. The summed E-state index contributed by atoms with van der Waals surface area (Å²) in [6.45, 7) is 4.84. The Labute approximate surface area is 448 Å². The molecule has 72 heavy (non-hydrogen) atoms. The zero-order valence-electron chi connectivity index (χ0n) is 48.7. The molecule has 0 aromatic heterocycles. The number of carbonyl (C=O) groups excluding carboxylic acids is 1. The van der Waals surface area contributed by atoms with Crippen molar-refractivity contribution in [3.05, 3.63) is 36.5 Å². The summed E-state index contributed by atoms with van der Waals surface area (Å²) < 4.78 is 23.7. The van der Waals surface area contributed by atoms with Gasteiger partial charge in [0.2, 0.25) is 5.91 Å². The first-order valence-electron chi connectivity index (χ1n) is 31.4. The van der Waals surface area contributed by atoms with Crippen LogP contribution >= 0.6 is 7.82 Å². The van der Waals surface area contributed by atoms with E-state index in [0.717, 1.165) is 44.9 Å². The Morgan fingerprint density at radius 3 is 1.14 bits per heavy atom. The van der Waals surface area contributed by atoms with Gasteiger partial charge < -0.3 is 19.8 Å². The van der Waals surface area contributed by atoms with E-state index in [1.807, 2.05) is 27.2 Å². The van der Waals surface area contributed by atoms with E-state index in [2.05, 4.69) is 43.5 Å². The van der Waals surface area contributed by atoms with Gasteiger partial charge in [0.1, 0.15) is 13.2 Å². The van der Waals surface area contributed by atoms with Gasteiger partial charge in [-0.25, -0.2) is 4.57 Å². The van der Waals surface area contributed by atoms with Gasteiger partial charge in [-0.1, -0.05) is 288 Å². The Hall–Kier alpha value is -1.28. The van der Waals surface area contributed by atoms with Crippen molar-refractivity contribution in [1.29, 1.82) is 0 Å². The number of nitrogens with zero attached hydrogens (tertiary/aromatic N) is 1. The number of rotatable bonds is 58. The number of unbranched alkanes of at least 4 members (excludes halogenated alkanes) is 41. The normalized spacial score (nSPS) is 14.0. The van der Waals surface area contributed by atoms with Gasteiger partial charge in [-0.15, -0.1) is 0 Å². The van der Waals surface area contributed by atoms with Gasteiger partial charge in [-0.3, -0.25) is 13.8 Å². The minimum absolute atomic E-state index is 0.0636. The fourth-order valence-electron chi connectivity index (χ4n) is 9.43. The molecular weight excluding hydrogens is 912 g/mol. The number of aliphatic hydroxyl groups excluding tert-OH is 1. The van der Waals surface area contributed by atoms with Crippen LogP contribution in [-0.2, 0) is 18.4 Å². The van der Waals surface area contributed by atoms with Crippen molar-refractivity contribution in [1.82, 2.24) is 5.32 Å². The quantitative estimate of drug-likeness (QED) is 0.0243. The molecule has 3 atom stereocenters. The zero-order chi connectivity index (χ0) is 52.7. The van der Waals surface area contributed by atoms with E-state index in [0.29, 0.717) is 17.4 Å². The molecule has 0 saturated carbocycles. The van der Waals surface area contributed by atoms with Crippen molar-refractivity contribution in [2.24, 2.45) is 0 Å². The first kappa shape index (κ1) is 70.7. The first-order valence-corrected chi connectivity index (χ1v) is 32.9. The predicted molar refractivity (Wildman–Crippen MR) is 314 cm³/mol. The van der Waals surface area contributed by atoms with E-state index >= 15 is 0 Å². The monoisotopic (exact) mass is 1040 g/mol. The molecule has 0 spiro atoms. The molecule has 1 amide bonds. The molecule has 0 bridgehead atoms. The molecule has 0 saturated heterocycles. The maximum atomic E-state index is 13.0. The van der Waals surface area contributed by atoms with Crippen LogP contribution in [0.2, 0.25) is 0 Å². The molecule has 0 aliphatic carbocycles. The van der Waals surface area contributed by atoms with Crippen LogP contribution in [0.3, 0.4) is 0 Å². The molecule has 8 nitrogen and oxygen atoms in total. The molecule has 0 aromatic rings. The molecule has 426 valence electrons. The highest BCUT2D eigenvalue weighted by atomic mass is 31.2. The number of aliphatic hydroxyl groups is 1. The minimum atomic E-state index is -4.34. The van der Waals surface area contributed by atoms with Crippen LogP contribution in [0.1, 0.15) is 309 Å². The lowest BCUT2D eigenvalue weighted by Crippen LogP contribution is -2.45. The molecular formula is C63H124N2O6P+. The maximum Gasteiger partial charge on any atom is 0.472 e. The molecule has 0 aliphatic rings. The van der Waals surface area contributed by atoms with E-state index in [1.54, 1.807) is 6.08 Å². The lowest BCUT2D eigenvalue weighted by molar-refractivity contribution is -0.870. The van der Waals surface area contributed by atoms with Gasteiger partial charge >= 0.3 is 7.82 Å².